The molecule has 0 saturated carbocycles. The summed E-state index contributed by atoms with van der Waals surface area (Å²) in [5.74, 6) is -0.207. The highest BCUT2D eigenvalue weighted by Gasteiger charge is 2.23. The van der Waals surface area contributed by atoms with Crippen LogP contribution in [0.15, 0.2) is 36.7 Å². The van der Waals surface area contributed by atoms with Crippen molar-refractivity contribution < 1.29 is 4.39 Å². The number of nitrogens with zero attached hydrogens (tertiary/aromatic N) is 3. The van der Waals surface area contributed by atoms with Crippen molar-refractivity contribution >= 4 is 0 Å². The van der Waals surface area contributed by atoms with Crippen LogP contribution in [0.4, 0.5) is 4.39 Å². The summed E-state index contributed by atoms with van der Waals surface area (Å²) in [6, 6.07) is 7.06. The fraction of sp³-hybridized carbons (Fsp3) is 0.438. The Balaban J connectivity index is 1.62. The number of benzene rings is 1. The third kappa shape index (κ3) is 3.49. The van der Waals surface area contributed by atoms with Gasteiger partial charge in [0.25, 0.3) is 0 Å². The number of hydrogen-bond donors (Lipinski definition) is 1. The smallest absolute Gasteiger partial charge is 0.123 e. The van der Waals surface area contributed by atoms with E-state index in [1.807, 2.05) is 10.9 Å². The number of rotatable bonds is 5. The van der Waals surface area contributed by atoms with Gasteiger partial charge in [-0.3, -0.25) is 9.58 Å². The molecule has 1 aromatic heterocycles. The predicted octanol–water partition coefficient (Wildman–Crippen LogP) is 1.99. The van der Waals surface area contributed by atoms with Crippen molar-refractivity contribution in [1.29, 1.82) is 0 Å². The van der Waals surface area contributed by atoms with Crippen molar-refractivity contribution in [3.05, 3.63) is 53.6 Å². The van der Waals surface area contributed by atoms with E-state index in [-0.39, 0.29) is 5.82 Å². The van der Waals surface area contributed by atoms with Gasteiger partial charge >= 0.3 is 0 Å². The molecule has 5 heteroatoms. The van der Waals surface area contributed by atoms with Crippen LogP contribution in [0, 0.1) is 5.82 Å². The van der Waals surface area contributed by atoms with Crippen molar-refractivity contribution in [3.63, 3.8) is 0 Å². The van der Waals surface area contributed by atoms with Gasteiger partial charge in [0, 0.05) is 30.9 Å². The van der Waals surface area contributed by atoms with Crippen LogP contribution in [0.25, 0.3) is 0 Å². The normalized spacial score (nSPS) is 19.2. The molecule has 0 bridgehead atoms. The number of aromatic nitrogens is 2. The Kier molecular flexibility index (Phi) is 4.31. The molecule has 3 rings (SSSR count). The van der Waals surface area contributed by atoms with Crippen LogP contribution in [-0.2, 0) is 13.1 Å². The lowest BCUT2D eigenvalue weighted by Crippen LogP contribution is -2.34. The molecule has 0 amide bonds. The van der Waals surface area contributed by atoms with Gasteiger partial charge in [0.05, 0.1) is 12.7 Å². The Hall–Kier alpha value is -1.72. The first-order chi connectivity index (χ1) is 10.2. The van der Waals surface area contributed by atoms with Gasteiger partial charge in [-0.15, -0.1) is 0 Å². The number of halogens is 1. The molecule has 1 aliphatic heterocycles. The molecular formula is C16H21FN4. The van der Waals surface area contributed by atoms with Crippen LogP contribution in [-0.4, -0.2) is 33.8 Å². The number of likely N-dealkylation sites (tertiary alicyclic amines) is 1. The Labute approximate surface area is 124 Å². The zero-order valence-electron chi connectivity index (χ0n) is 12.1. The summed E-state index contributed by atoms with van der Waals surface area (Å²) in [5.41, 5.74) is 8.06. The summed E-state index contributed by atoms with van der Waals surface area (Å²) in [4.78, 5) is 2.43. The third-order valence-corrected chi connectivity index (χ3v) is 4.10. The summed E-state index contributed by atoms with van der Waals surface area (Å²) in [5, 5.41) is 4.39. The molecule has 1 aromatic carbocycles. The summed E-state index contributed by atoms with van der Waals surface area (Å²) in [6.45, 7) is 3.42. The highest BCUT2D eigenvalue weighted by Crippen LogP contribution is 2.19. The Morgan fingerprint density at radius 1 is 1.19 bits per heavy atom. The minimum absolute atomic E-state index is 0.207. The first-order valence-corrected chi connectivity index (χ1v) is 7.44. The molecule has 2 heterocycles. The van der Waals surface area contributed by atoms with Gasteiger partial charge in [-0.1, -0.05) is 12.1 Å². The van der Waals surface area contributed by atoms with Gasteiger partial charge in [-0.2, -0.15) is 5.10 Å². The predicted molar refractivity (Wildman–Crippen MR) is 80.2 cm³/mol. The zero-order valence-corrected chi connectivity index (χ0v) is 12.1. The van der Waals surface area contributed by atoms with Crippen LogP contribution < -0.4 is 5.73 Å². The second-order valence-electron chi connectivity index (χ2n) is 5.67. The van der Waals surface area contributed by atoms with Crippen LogP contribution in [0.5, 0.6) is 0 Å². The van der Waals surface area contributed by atoms with Crippen molar-refractivity contribution in [3.8, 4) is 0 Å². The van der Waals surface area contributed by atoms with Gasteiger partial charge in [0.2, 0.25) is 0 Å². The van der Waals surface area contributed by atoms with Crippen LogP contribution in [0.3, 0.4) is 0 Å². The lowest BCUT2D eigenvalue weighted by Gasteiger charge is -2.22. The van der Waals surface area contributed by atoms with Crippen molar-refractivity contribution in [2.24, 2.45) is 5.73 Å². The van der Waals surface area contributed by atoms with Crippen LogP contribution in [0.2, 0.25) is 0 Å². The lowest BCUT2D eigenvalue weighted by atomic mass is 10.2. The number of hydrogen-bond acceptors (Lipinski definition) is 3. The van der Waals surface area contributed by atoms with Gasteiger partial charge < -0.3 is 5.73 Å². The summed E-state index contributed by atoms with van der Waals surface area (Å²) in [7, 11) is 0. The fourth-order valence-electron chi connectivity index (χ4n) is 2.96. The van der Waals surface area contributed by atoms with E-state index in [0.717, 1.165) is 25.2 Å². The number of nitrogens with two attached hydrogens (primary N) is 1. The minimum Gasteiger partial charge on any atom is -0.329 e. The lowest BCUT2D eigenvalue weighted by molar-refractivity contribution is 0.250. The summed E-state index contributed by atoms with van der Waals surface area (Å²) < 4.78 is 14.8. The van der Waals surface area contributed by atoms with E-state index in [1.165, 1.54) is 30.5 Å². The SMILES string of the molecule is NCC1CCCN1Cc1cnn(Cc2ccc(F)cc2)c1. The molecule has 0 aliphatic carbocycles. The molecule has 0 spiro atoms. The first-order valence-electron chi connectivity index (χ1n) is 7.44. The summed E-state index contributed by atoms with van der Waals surface area (Å²) in [6.07, 6.45) is 6.40. The van der Waals surface area contributed by atoms with E-state index in [9.17, 15) is 4.39 Å². The first kappa shape index (κ1) is 14.2. The van der Waals surface area contributed by atoms with Gasteiger partial charge in [0.1, 0.15) is 5.82 Å². The monoisotopic (exact) mass is 288 g/mol. The standard InChI is InChI=1S/C16H21FN4/c17-15-5-3-13(4-6-15)11-21-12-14(9-19-21)10-20-7-1-2-16(20)8-18/h3-6,9,12,16H,1-2,7-8,10-11,18H2. The molecule has 21 heavy (non-hydrogen) atoms. The highest BCUT2D eigenvalue weighted by molar-refractivity contribution is 5.17. The topological polar surface area (TPSA) is 47.1 Å². The largest absolute Gasteiger partial charge is 0.329 e. The fourth-order valence-corrected chi connectivity index (χ4v) is 2.96. The van der Waals surface area contributed by atoms with Gasteiger partial charge in [-0.25, -0.2) is 4.39 Å². The maximum atomic E-state index is 12.9. The van der Waals surface area contributed by atoms with E-state index in [4.69, 9.17) is 5.73 Å². The van der Waals surface area contributed by atoms with Crippen LogP contribution in [0.1, 0.15) is 24.0 Å². The summed E-state index contributed by atoms with van der Waals surface area (Å²) >= 11 is 0. The molecule has 112 valence electrons. The molecule has 1 saturated heterocycles. The third-order valence-electron chi connectivity index (χ3n) is 4.10. The molecule has 2 aromatic rings. The molecule has 1 unspecified atom stereocenters. The van der Waals surface area contributed by atoms with E-state index in [2.05, 4.69) is 16.2 Å². The quantitative estimate of drug-likeness (QED) is 0.915. The zero-order chi connectivity index (χ0) is 14.7. The maximum Gasteiger partial charge on any atom is 0.123 e. The average molecular weight is 288 g/mol. The molecule has 0 radical (unpaired) electrons. The van der Waals surface area contributed by atoms with E-state index in [0.29, 0.717) is 12.6 Å². The molecule has 4 nitrogen and oxygen atoms in total. The highest BCUT2D eigenvalue weighted by atomic mass is 19.1. The minimum atomic E-state index is -0.207. The van der Waals surface area contributed by atoms with Crippen LogP contribution >= 0.6 is 0 Å². The van der Waals surface area contributed by atoms with E-state index < -0.39 is 0 Å². The molecule has 1 fully saturated rings. The second kappa shape index (κ2) is 6.37. The van der Waals surface area contributed by atoms with Gasteiger partial charge in [-0.05, 0) is 37.1 Å². The van der Waals surface area contributed by atoms with Crippen molar-refractivity contribution in [2.45, 2.75) is 32.0 Å². The molecule has 1 aliphatic rings. The van der Waals surface area contributed by atoms with Gasteiger partial charge in [0.15, 0.2) is 0 Å². The molecule has 2 N–H and O–H groups in total. The van der Waals surface area contributed by atoms with Crippen molar-refractivity contribution in [2.75, 3.05) is 13.1 Å². The Morgan fingerprint density at radius 3 is 2.76 bits per heavy atom. The second-order valence-corrected chi connectivity index (χ2v) is 5.67. The van der Waals surface area contributed by atoms with E-state index in [1.54, 1.807) is 12.1 Å². The maximum absolute atomic E-state index is 12.9. The Morgan fingerprint density at radius 2 is 2.00 bits per heavy atom. The average Bonchev–Trinajstić information content (AvgIpc) is 3.11. The Bertz CT molecular complexity index is 578. The van der Waals surface area contributed by atoms with Crippen molar-refractivity contribution in [1.82, 2.24) is 14.7 Å². The molecule has 1 atom stereocenters. The van der Waals surface area contributed by atoms with E-state index >= 15 is 0 Å². The molecular weight excluding hydrogens is 267 g/mol.